The molecule has 0 aliphatic carbocycles. The molecule has 0 unspecified atom stereocenters. The largest absolute Gasteiger partial charge is 0.454 e. The Morgan fingerprint density at radius 3 is 2.36 bits per heavy atom. The lowest BCUT2D eigenvalue weighted by atomic mass is 10.1. The van der Waals surface area contributed by atoms with Gasteiger partial charge in [-0.05, 0) is 36.4 Å². The maximum absolute atomic E-state index is 13.9. The Kier molecular flexibility index (Phi) is 3.74. The first-order valence-electron chi connectivity index (χ1n) is 7.73. The summed E-state index contributed by atoms with van der Waals surface area (Å²) >= 11 is 0. The van der Waals surface area contributed by atoms with Crippen LogP contribution in [0, 0.1) is 5.82 Å². The highest BCUT2D eigenvalue weighted by Crippen LogP contribution is 2.32. The molecule has 122 valence electrons. The molecular weight excluding hydrogens is 319 g/mol. The minimum absolute atomic E-state index is 0.109. The van der Waals surface area contributed by atoms with E-state index in [1.807, 2.05) is 6.07 Å². The Labute approximate surface area is 142 Å². The van der Waals surface area contributed by atoms with Crippen LogP contribution in [0.25, 0.3) is 22.3 Å². The third-order valence-electron chi connectivity index (χ3n) is 3.81. The SMILES string of the molecule is O=c1[nH]c(-c2ccccc2Oc2ccccc2F)nc2ccccc12. The van der Waals surface area contributed by atoms with Gasteiger partial charge in [0.15, 0.2) is 11.6 Å². The van der Waals surface area contributed by atoms with Crippen molar-refractivity contribution in [3.63, 3.8) is 0 Å². The van der Waals surface area contributed by atoms with Crippen molar-refractivity contribution in [1.82, 2.24) is 9.97 Å². The highest BCUT2D eigenvalue weighted by molar-refractivity contribution is 5.80. The third-order valence-corrected chi connectivity index (χ3v) is 3.81. The van der Waals surface area contributed by atoms with E-state index in [-0.39, 0.29) is 11.3 Å². The minimum Gasteiger partial charge on any atom is -0.454 e. The van der Waals surface area contributed by atoms with Gasteiger partial charge in [-0.15, -0.1) is 0 Å². The molecule has 0 aliphatic rings. The van der Waals surface area contributed by atoms with Gasteiger partial charge in [0.05, 0.1) is 16.5 Å². The monoisotopic (exact) mass is 332 g/mol. The topological polar surface area (TPSA) is 55.0 Å². The number of nitrogens with zero attached hydrogens (tertiary/aromatic N) is 1. The molecule has 1 N–H and O–H groups in total. The van der Waals surface area contributed by atoms with Crippen molar-refractivity contribution in [1.29, 1.82) is 0 Å². The van der Waals surface area contributed by atoms with Gasteiger partial charge in [0, 0.05) is 0 Å². The van der Waals surface area contributed by atoms with E-state index in [0.29, 0.717) is 28.0 Å². The molecule has 0 fully saturated rings. The van der Waals surface area contributed by atoms with Crippen LogP contribution in [-0.4, -0.2) is 9.97 Å². The molecule has 0 radical (unpaired) electrons. The van der Waals surface area contributed by atoms with Gasteiger partial charge in [-0.25, -0.2) is 9.37 Å². The van der Waals surface area contributed by atoms with E-state index in [4.69, 9.17) is 4.74 Å². The zero-order valence-corrected chi connectivity index (χ0v) is 13.1. The summed E-state index contributed by atoms with van der Waals surface area (Å²) in [5.74, 6) is 0.428. The number of rotatable bonds is 3. The highest BCUT2D eigenvalue weighted by Gasteiger charge is 2.12. The number of ether oxygens (including phenoxy) is 1. The standard InChI is InChI=1S/C20H13FN2O2/c21-15-9-3-6-12-18(15)25-17-11-5-2-8-14(17)19-22-16-10-4-1-7-13(16)20(24)23-19/h1-12H,(H,22,23,24). The summed E-state index contributed by atoms with van der Waals surface area (Å²) in [6.45, 7) is 0. The summed E-state index contributed by atoms with van der Waals surface area (Å²) in [5.41, 5.74) is 0.928. The van der Waals surface area contributed by atoms with Crippen molar-refractivity contribution in [2.45, 2.75) is 0 Å². The second-order valence-corrected chi connectivity index (χ2v) is 5.46. The van der Waals surface area contributed by atoms with Gasteiger partial charge in [0.25, 0.3) is 5.56 Å². The van der Waals surface area contributed by atoms with Crippen LogP contribution >= 0.6 is 0 Å². The summed E-state index contributed by atoms with van der Waals surface area (Å²) in [5, 5.41) is 0.513. The Balaban J connectivity index is 1.84. The number of hydrogen-bond acceptors (Lipinski definition) is 3. The Morgan fingerprint density at radius 1 is 0.840 bits per heavy atom. The molecule has 5 heteroatoms. The molecule has 0 atom stereocenters. The van der Waals surface area contributed by atoms with Crippen LogP contribution in [0.1, 0.15) is 0 Å². The molecular formula is C20H13FN2O2. The fourth-order valence-electron chi connectivity index (χ4n) is 2.61. The average molecular weight is 332 g/mol. The van der Waals surface area contributed by atoms with Gasteiger partial charge >= 0.3 is 0 Å². The second-order valence-electron chi connectivity index (χ2n) is 5.46. The number of H-pyrrole nitrogens is 1. The van der Waals surface area contributed by atoms with Gasteiger partial charge in [-0.2, -0.15) is 0 Å². The molecule has 25 heavy (non-hydrogen) atoms. The van der Waals surface area contributed by atoms with E-state index in [1.165, 1.54) is 6.07 Å². The van der Waals surface area contributed by atoms with Crippen LogP contribution in [0.3, 0.4) is 0 Å². The zero-order valence-electron chi connectivity index (χ0n) is 13.1. The summed E-state index contributed by atoms with van der Waals surface area (Å²) < 4.78 is 19.6. The second kappa shape index (κ2) is 6.20. The fraction of sp³-hybridized carbons (Fsp3) is 0. The summed E-state index contributed by atoms with van der Waals surface area (Å²) in [4.78, 5) is 19.6. The van der Waals surface area contributed by atoms with E-state index in [2.05, 4.69) is 9.97 Å². The van der Waals surface area contributed by atoms with Crippen LogP contribution in [0.2, 0.25) is 0 Å². The van der Waals surface area contributed by atoms with Gasteiger partial charge < -0.3 is 9.72 Å². The van der Waals surface area contributed by atoms with Crippen molar-refractivity contribution in [2.75, 3.05) is 0 Å². The van der Waals surface area contributed by atoms with E-state index in [1.54, 1.807) is 60.7 Å². The number of aromatic amines is 1. The predicted octanol–water partition coefficient (Wildman–Crippen LogP) is 4.52. The first-order chi connectivity index (χ1) is 12.2. The van der Waals surface area contributed by atoms with Crippen molar-refractivity contribution >= 4 is 10.9 Å². The van der Waals surface area contributed by atoms with Gasteiger partial charge in [-0.1, -0.05) is 36.4 Å². The smallest absolute Gasteiger partial charge is 0.259 e. The Hall–Kier alpha value is -3.47. The number of fused-ring (bicyclic) bond motifs is 1. The number of aromatic nitrogens is 2. The minimum atomic E-state index is -0.461. The van der Waals surface area contributed by atoms with Crippen LogP contribution < -0.4 is 10.3 Å². The third kappa shape index (κ3) is 2.87. The molecule has 1 aromatic heterocycles. The number of nitrogens with one attached hydrogen (secondary N) is 1. The van der Waals surface area contributed by atoms with E-state index >= 15 is 0 Å². The Bertz CT molecular complexity index is 1120. The number of hydrogen-bond donors (Lipinski definition) is 1. The number of halogens is 1. The van der Waals surface area contributed by atoms with E-state index in [9.17, 15) is 9.18 Å². The van der Waals surface area contributed by atoms with Gasteiger partial charge in [-0.3, -0.25) is 4.79 Å². The molecule has 0 amide bonds. The first-order valence-corrected chi connectivity index (χ1v) is 7.73. The lowest BCUT2D eigenvalue weighted by molar-refractivity contribution is 0.443. The first kappa shape index (κ1) is 15.1. The molecule has 4 nitrogen and oxygen atoms in total. The molecule has 0 bridgehead atoms. The lowest BCUT2D eigenvalue weighted by Gasteiger charge is -2.11. The summed E-state index contributed by atoms with van der Waals surface area (Å²) in [7, 11) is 0. The molecule has 3 aromatic carbocycles. The Morgan fingerprint density at radius 2 is 1.52 bits per heavy atom. The summed E-state index contributed by atoms with van der Waals surface area (Å²) in [6, 6.07) is 20.3. The molecule has 0 aliphatic heterocycles. The average Bonchev–Trinajstić information content (AvgIpc) is 2.64. The van der Waals surface area contributed by atoms with Crippen LogP contribution in [0.5, 0.6) is 11.5 Å². The summed E-state index contributed by atoms with van der Waals surface area (Å²) in [6.07, 6.45) is 0. The lowest BCUT2D eigenvalue weighted by Crippen LogP contribution is -2.09. The maximum atomic E-state index is 13.9. The van der Waals surface area contributed by atoms with Gasteiger partial charge in [0.1, 0.15) is 11.6 Å². The molecule has 1 heterocycles. The molecule has 0 saturated heterocycles. The molecule has 4 aromatic rings. The van der Waals surface area contributed by atoms with Crippen molar-refractivity contribution in [2.24, 2.45) is 0 Å². The predicted molar refractivity (Wildman–Crippen MR) is 94.3 cm³/mol. The van der Waals surface area contributed by atoms with Crippen molar-refractivity contribution in [3.8, 4) is 22.9 Å². The highest BCUT2D eigenvalue weighted by atomic mass is 19.1. The molecule has 0 spiro atoms. The number of para-hydroxylation sites is 3. The molecule has 0 saturated carbocycles. The van der Waals surface area contributed by atoms with Gasteiger partial charge in [0.2, 0.25) is 0 Å². The normalized spacial score (nSPS) is 10.8. The van der Waals surface area contributed by atoms with Crippen LogP contribution in [0.15, 0.2) is 77.6 Å². The van der Waals surface area contributed by atoms with Crippen molar-refractivity contribution in [3.05, 3.63) is 89.0 Å². The van der Waals surface area contributed by atoms with Crippen LogP contribution in [-0.2, 0) is 0 Å². The zero-order chi connectivity index (χ0) is 17.2. The fourth-order valence-corrected chi connectivity index (χ4v) is 2.61. The number of benzene rings is 3. The van der Waals surface area contributed by atoms with Crippen LogP contribution in [0.4, 0.5) is 4.39 Å². The van der Waals surface area contributed by atoms with E-state index in [0.717, 1.165) is 0 Å². The maximum Gasteiger partial charge on any atom is 0.259 e. The quantitative estimate of drug-likeness (QED) is 0.600. The van der Waals surface area contributed by atoms with Crippen molar-refractivity contribution < 1.29 is 9.13 Å². The molecule has 4 rings (SSSR count). The van der Waals surface area contributed by atoms with E-state index < -0.39 is 5.82 Å².